The summed E-state index contributed by atoms with van der Waals surface area (Å²) in [5.41, 5.74) is 3.07. The molecule has 20 heavy (non-hydrogen) atoms. The highest BCUT2D eigenvalue weighted by Crippen LogP contribution is 2.20. The molecule has 0 aliphatic rings. The third kappa shape index (κ3) is 3.84. The van der Waals surface area contributed by atoms with Crippen LogP contribution in [0.5, 0.6) is 0 Å². The number of carbonyl (C=O) groups excluding carboxylic acids is 1. The summed E-state index contributed by atoms with van der Waals surface area (Å²) >= 11 is 1.39. The first-order chi connectivity index (χ1) is 9.56. The minimum atomic E-state index is -0.269. The lowest BCUT2D eigenvalue weighted by Crippen LogP contribution is -2.15. The lowest BCUT2D eigenvalue weighted by atomic mass is 10.1. The van der Waals surface area contributed by atoms with Gasteiger partial charge in [-0.2, -0.15) is 0 Å². The van der Waals surface area contributed by atoms with Crippen LogP contribution in [-0.2, 0) is 4.79 Å². The summed E-state index contributed by atoms with van der Waals surface area (Å²) in [6.45, 7) is 4.00. The molecular formula is C16H16FNOS. The van der Waals surface area contributed by atoms with Crippen molar-refractivity contribution in [1.82, 2.24) is 0 Å². The molecule has 0 radical (unpaired) electrons. The normalized spacial score (nSPS) is 10.3. The molecule has 2 aromatic carbocycles. The van der Waals surface area contributed by atoms with Gasteiger partial charge in [-0.1, -0.05) is 12.1 Å². The largest absolute Gasteiger partial charge is 0.325 e. The number of hydrogen-bond acceptors (Lipinski definition) is 2. The summed E-state index contributed by atoms with van der Waals surface area (Å²) in [7, 11) is 0. The Hall–Kier alpha value is -1.81. The summed E-state index contributed by atoms with van der Waals surface area (Å²) in [5.74, 6) is -0.0267. The van der Waals surface area contributed by atoms with Gasteiger partial charge in [0, 0.05) is 10.6 Å². The van der Waals surface area contributed by atoms with E-state index in [0.29, 0.717) is 5.75 Å². The van der Waals surface area contributed by atoms with E-state index in [1.54, 1.807) is 12.1 Å². The molecule has 0 aliphatic heterocycles. The zero-order valence-corrected chi connectivity index (χ0v) is 12.3. The summed E-state index contributed by atoms with van der Waals surface area (Å²) in [4.78, 5) is 12.8. The molecule has 2 rings (SSSR count). The van der Waals surface area contributed by atoms with E-state index in [0.717, 1.165) is 21.7 Å². The first kappa shape index (κ1) is 14.6. The maximum Gasteiger partial charge on any atom is 0.234 e. The smallest absolute Gasteiger partial charge is 0.234 e. The molecule has 0 unspecified atom stereocenters. The van der Waals surface area contributed by atoms with E-state index in [-0.39, 0.29) is 11.7 Å². The van der Waals surface area contributed by atoms with Crippen molar-refractivity contribution in [1.29, 1.82) is 0 Å². The Morgan fingerprint density at radius 1 is 1.15 bits per heavy atom. The second kappa shape index (κ2) is 6.57. The Morgan fingerprint density at radius 3 is 2.55 bits per heavy atom. The second-order valence-corrected chi connectivity index (χ2v) is 5.59. The molecule has 1 N–H and O–H groups in total. The second-order valence-electron chi connectivity index (χ2n) is 4.54. The van der Waals surface area contributed by atoms with Crippen LogP contribution in [0.15, 0.2) is 47.4 Å². The molecular weight excluding hydrogens is 273 g/mol. The van der Waals surface area contributed by atoms with Crippen LogP contribution < -0.4 is 5.32 Å². The SMILES string of the molecule is Cc1cccc(NC(=O)CSc2ccc(F)cc2)c1C. The maximum atomic E-state index is 12.8. The van der Waals surface area contributed by atoms with Gasteiger partial charge in [-0.25, -0.2) is 4.39 Å². The van der Waals surface area contributed by atoms with Crippen LogP contribution >= 0.6 is 11.8 Å². The molecule has 104 valence electrons. The first-order valence-electron chi connectivity index (χ1n) is 6.30. The van der Waals surface area contributed by atoms with Crippen LogP contribution in [-0.4, -0.2) is 11.7 Å². The van der Waals surface area contributed by atoms with Gasteiger partial charge in [0.1, 0.15) is 5.82 Å². The quantitative estimate of drug-likeness (QED) is 0.856. The fourth-order valence-electron chi connectivity index (χ4n) is 1.75. The van der Waals surface area contributed by atoms with Gasteiger partial charge < -0.3 is 5.32 Å². The van der Waals surface area contributed by atoms with Crippen LogP contribution in [0.2, 0.25) is 0 Å². The molecule has 0 heterocycles. The Balaban J connectivity index is 1.92. The number of thioether (sulfide) groups is 1. The summed E-state index contributed by atoms with van der Waals surface area (Å²) in [6.07, 6.45) is 0. The zero-order valence-electron chi connectivity index (χ0n) is 11.4. The standard InChI is InChI=1S/C16H16FNOS/c1-11-4-3-5-15(12(11)2)18-16(19)10-20-14-8-6-13(17)7-9-14/h3-9H,10H2,1-2H3,(H,18,19). The van der Waals surface area contributed by atoms with Gasteiger partial charge in [0.05, 0.1) is 5.75 Å². The van der Waals surface area contributed by atoms with Crippen LogP contribution in [0.4, 0.5) is 10.1 Å². The van der Waals surface area contributed by atoms with Gasteiger partial charge in [-0.05, 0) is 55.3 Å². The number of aryl methyl sites for hydroxylation is 1. The third-order valence-corrected chi connectivity index (χ3v) is 4.07. The Kier molecular flexibility index (Phi) is 4.79. The molecule has 2 aromatic rings. The van der Waals surface area contributed by atoms with Gasteiger partial charge in [-0.3, -0.25) is 4.79 Å². The fraction of sp³-hybridized carbons (Fsp3) is 0.188. The van der Waals surface area contributed by atoms with Crippen LogP contribution in [0.3, 0.4) is 0 Å². The van der Waals surface area contributed by atoms with E-state index in [2.05, 4.69) is 5.32 Å². The molecule has 0 spiro atoms. The summed E-state index contributed by atoms with van der Waals surface area (Å²) in [5, 5.41) is 2.90. The molecule has 0 aromatic heterocycles. The van der Waals surface area contributed by atoms with E-state index < -0.39 is 0 Å². The molecule has 0 saturated heterocycles. The van der Waals surface area contributed by atoms with Gasteiger partial charge in [-0.15, -0.1) is 11.8 Å². The molecule has 0 bridgehead atoms. The summed E-state index contributed by atoms with van der Waals surface area (Å²) in [6, 6.07) is 12.0. The monoisotopic (exact) mass is 289 g/mol. The molecule has 0 fully saturated rings. The minimum Gasteiger partial charge on any atom is -0.325 e. The molecule has 2 nitrogen and oxygen atoms in total. The lowest BCUT2D eigenvalue weighted by Gasteiger charge is -2.10. The van der Waals surface area contributed by atoms with Gasteiger partial charge in [0.15, 0.2) is 0 Å². The topological polar surface area (TPSA) is 29.1 Å². The number of hydrogen-bond donors (Lipinski definition) is 1. The van der Waals surface area contributed by atoms with E-state index >= 15 is 0 Å². The Bertz CT molecular complexity index is 610. The predicted octanol–water partition coefficient (Wildman–Crippen LogP) is 4.17. The number of benzene rings is 2. The highest BCUT2D eigenvalue weighted by Gasteiger charge is 2.06. The highest BCUT2D eigenvalue weighted by atomic mass is 32.2. The number of rotatable bonds is 4. The van der Waals surface area contributed by atoms with Crippen molar-refractivity contribution in [3.05, 3.63) is 59.4 Å². The first-order valence-corrected chi connectivity index (χ1v) is 7.29. The average molecular weight is 289 g/mol. The van der Waals surface area contributed by atoms with Crippen molar-refractivity contribution in [3.63, 3.8) is 0 Å². The molecule has 4 heteroatoms. The Morgan fingerprint density at radius 2 is 1.85 bits per heavy atom. The molecule has 0 saturated carbocycles. The number of carbonyl (C=O) groups is 1. The van der Waals surface area contributed by atoms with E-state index in [1.165, 1.54) is 23.9 Å². The van der Waals surface area contributed by atoms with Crippen molar-refractivity contribution < 1.29 is 9.18 Å². The number of anilines is 1. The van der Waals surface area contributed by atoms with E-state index in [1.807, 2.05) is 32.0 Å². The molecule has 1 amide bonds. The fourth-order valence-corrected chi connectivity index (χ4v) is 2.45. The van der Waals surface area contributed by atoms with Crippen LogP contribution in [0, 0.1) is 19.7 Å². The predicted molar refractivity (Wildman–Crippen MR) is 81.7 cm³/mol. The van der Waals surface area contributed by atoms with Crippen molar-refractivity contribution in [3.8, 4) is 0 Å². The molecule has 0 aliphatic carbocycles. The van der Waals surface area contributed by atoms with E-state index in [9.17, 15) is 9.18 Å². The van der Waals surface area contributed by atoms with Crippen molar-refractivity contribution in [2.75, 3.05) is 11.1 Å². The summed E-state index contributed by atoms with van der Waals surface area (Å²) < 4.78 is 12.8. The van der Waals surface area contributed by atoms with Crippen molar-refractivity contribution >= 4 is 23.4 Å². The van der Waals surface area contributed by atoms with E-state index in [4.69, 9.17) is 0 Å². The van der Waals surface area contributed by atoms with Gasteiger partial charge in [0.2, 0.25) is 5.91 Å². The lowest BCUT2D eigenvalue weighted by molar-refractivity contribution is -0.113. The third-order valence-electron chi connectivity index (χ3n) is 3.06. The minimum absolute atomic E-state index is 0.0620. The van der Waals surface area contributed by atoms with Crippen LogP contribution in [0.1, 0.15) is 11.1 Å². The number of halogens is 1. The zero-order chi connectivity index (χ0) is 14.5. The number of nitrogens with one attached hydrogen (secondary N) is 1. The van der Waals surface area contributed by atoms with Crippen LogP contribution in [0.25, 0.3) is 0 Å². The van der Waals surface area contributed by atoms with Gasteiger partial charge >= 0.3 is 0 Å². The average Bonchev–Trinajstić information content (AvgIpc) is 2.43. The Labute approximate surface area is 122 Å². The van der Waals surface area contributed by atoms with Gasteiger partial charge in [0.25, 0.3) is 0 Å². The molecule has 0 atom stereocenters. The number of amides is 1. The van der Waals surface area contributed by atoms with Crippen molar-refractivity contribution in [2.45, 2.75) is 18.7 Å². The van der Waals surface area contributed by atoms with Crippen molar-refractivity contribution in [2.24, 2.45) is 0 Å². The maximum absolute atomic E-state index is 12.8. The highest BCUT2D eigenvalue weighted by molar-refractivity contribution is 8.00.